The van der Waals surface area contributed by atoms with E-state index < -0.39 is 5.97 Å². The Bertz CT molecular complexity index is 593. The van der Waals surface area contributed by atoms with Crippen LogP contribution in [0.25, 0.3) is 0 Å². The van der Waals surface area contributed by atoms with E-state index in [1.807, 2.05) is 0 Å². The van der Waals surface area contributed by atoms with Crippen LogP contribution in [0.15, 0.2) is 12.2 Å². The van der Waals surface area contributed by atoms with Crippen molar-refractivity contribution in [2.24, 2.45) is 29.6 Å². The first-order valence-corrected chi connectivity index (χ1v) is 9.90. The highest BCUT2D eigenvalue weighted by Crippen LogP contribution is 2.61. The van der Waals surface area contributed by atoms with E-state index in [2.05, 4.69) is 12.2 Å². The van der Waals surface area contributed by atoms with Crippen molar-refractivity contribution in [1.29, 1.82) is 0 Å². The zero-order valence-corrected chi connectivity index (χ0v) is 14.5. The molecule has 2 heterocycles. The zero-order valence-electron chi connectivity index (χ0n) is 14.5. The number of fused-ring (bicyclic) bond motifs is 9. The van der Waals surface area contributed by atoms with Gasteiger partial charge < -0.3 is 14.2 Å². The molecule has 5 nitrogen and oxygen atoms in total. The summed E-state index contributed by atoms with van der Waals surface area (Å²) in [6.45, 7) is -0.261. The van der Waals surface area contributed by atoms with Gasteiger partial charge in [0.2, 0.25) is 0 Å². The molecule has 4 bridgehead atoms. The monoisotopic (exact) mass is 346 g/mol. The second kappa shape index (κ2) is 6.11. The van der Waals surface area contributed by atoms with Gasteiger partial charge in [0.05, 0.1) is 18.1 Å². The van der Waals surface area contributed by atoms with Gasteiger partial charge in [0.25, 0.3) is 0 Å². The molecule has 25 heavy (non-hydrogen) atoms. The highest BCUT2D eigenvalue weighted by molar-refractivity contribution is 5.78. The molecule has 0 aromatic carbocycles. The van der Waals surface area contributed by atoms with Crippen molar-refractivity contribution in [1.82, 2.24) is 0 Å². The van der Waals surface area contributed by atoms with Crippen molar-refractivity contribution in [3.63, 3.8) is 0 Å². The van der Waals surface area contributed by atoms with Crippen LogP contribution in [0.3, 0.4) is 0 Å². The minimum atomic E-state index is -0.412. The molecule has 0 N–H and O–H groups in total. The van der Waals surface area contributed by atoms with Crippen molar-refractivity contribution in [2.75, 3.05) is 6.61 Å². The number of hydrogen-bond donors (Lipinski definition) is 0. The molecule has 7 atom stereocenters. The van der Waals surface area contributed by atoms with Gasteiger partial charge in [0, 0.05) is 0 Å². The van der Waals surface area contributed by atoms with Crippen LogP contribution >= 0.6 is 0 Å². The Balaban J connectivity index is 1.14. The first-order valence-electron chi connectivity index (χ1n) is 9.90. The van der Waals surface area contributed by atoms with E-state index in [0.717, 1.165) is 32.1 Å². The summed E-state index contributed by atoms with van der Waals surface area (Å²) >= 11 is 0. The fourth-order valence-electron chi connectivity index (χ4n) is 6.10. The first kappa shape index (κ1) is 15.9. The van der Waals surface area contributed by atoms with Crippen LogP contribution in [0.4, 0.5) is 0 Å². The number of carbonyl (C=O) groups excluding carboxylic acids is 2. The summed E-state index contributed by atoms with van der Waals surface area (Å²) in [5.74, 6) is 1.38. The maximum absolute atomic E-state index is 12.5. The van der Waals surface area contributed by atoms with E-state index in [1.54, 1.807) is 0 Å². The molecule has 0 spiro atoms. The van der Waals surface area contributed by atoms with Crippen LogP contribution in [0, 0.1) is 29.6 Å². The van der Waals surface area contributed by atoms with Crippen LogP contribution in [-0.2, 0) is 23.8 Å². The van der Waals surface area contributed by atoms with Crippen LogP contribution in [0.2, 0.25) is 0 Å². The molecule has 0 amide bonds. The van der Waals surface area contributed by atoms with Crippen LogP contribution in [-0.4, -0.2) is 36.9 Å². The molecule has 5 heteroatoms. The molecule has 3 aliphatic carbocycles. The maximum Gasteiger partial charge on any atom is 0.344 e. The smallest absolute Gasteiger partial charge is 0.344 e. The SMILES string of the molecule is O=C(COC(=O)C1CC2OC1C1C3C=CC(C3)C21)OC1CCCCC1. The minimum Gasteiger partial charge on any atom is -0.460 e. The van der Waals surface area contributed by atoms with E-state index in [4.69, 9.17) is 14.2 Å². The lowest BCUT2D eigenvalue weighted by Gasteiger charge is -2.32. The average molecular weight is 346 g/mol. The van der Waals surface area contributed by atoms with Crippen molar-refractivity contribution < 1.29 is 23.8 Å². The Morgan fingerprint density at radius 1 is 1.00 bits per heavy atom. The van der Waals surface area contributed by atoms with Gasteiger partial charge in [-0.05, 0) is 62.2 Å². The second-order valence-electron chi connectivity index (χ2n) is 8.44. The number of allylic oxidation sites excluding steroid dienone is 2. The maximum atomic E-state index is 12.5. The van der Waals surface area contributed by atoms with E-state index in [1.165, 1.54) is 12.8 Å². The summed E-state index contributed by atoms with van der Waals surface area (Å²) in [5, 5.41) is 0. The van der Waals surface area contributed by atoms with Gasteiger partial charge in [0.1, 0.15) is 6.10 Å². The third-order valence-corrected chi connectivity index (χ3v) is 7.09. The summed E-state index contributed by atoms with van der Waals surface area (Å²) in [7, 11) is 0. The quantitative estimate of drug-likeness (QED) is 0.578. The first-order chi connectivity index (χ1) is 12.2. The summed E-state index contributed by atoms with van der Waals surface area (Å²) < 4.78 is 16.8. The lowest BCUT2D eigenvalue weighted by atomic mass is 9.69. The third-order valence-electron chi connectivity index (χ3n) is 7.09. The van der Waals surface area contributed by atoms with Gasteiger partial charge in [-0.25, -0.2) is 4.79 Å². The lowest BCUT2D eigenvalue weighted by Crippen LogP contribution is -2.40. The molecular weight excluding hydrogens is 320 g/mol. The fraction of sp³-hybridized carbons (Fsp3) is 0.800. The van der Waals surface area contributed by atoms with Gasteiger partial charge in [-0.1, -0.05) is 18.6 Å². The van der Waals surface area contributed by atoms with Gasteiger partial charge in [-0.3, -0.25) is 4.79 Å². The normalized spacial score (nSPS) is 44.1. The van der Waals surface area contributed by atoms with Gasteiger partial charge in [0.15, 0.2) is 6.61 Å². The molecule has 0 aromatic heterocycles. The number of ether oxygens (including phenoxy) is 3. The lowest BCUT2D eigenvalue weighted by molar-refractivity contribution is -0.166. The highest BCUT2D eigenvalue weighted by Gasteiger charge is 2.64. The van der Waals surface area contributed by atoms with Gasteiger partial charge in [-0.15, -0.1) is 0 Å². The molecule has 0 radical (unpaired) electrons. The summed E-state index contributed by atoms with van der Waals surface area (Å²) in [5.41, 5.74) is 0. The molecule has 136 valence electrons. The van der Waals surface area contributed by atoms with Gasteiger partial charge in [-0.2, -0.15) is 0 Å². The molecular formula is C20H26O5. The van der Waals surface area contributed by atoms with Crippen LogP contribution in [0.1, 0.15) is 44.9 Å². The Kier molecular flexibility index (Phi) is 3.88. The van der Waals surface area contributed by atoms with E-state index >= 15 is 0 Å². The molecule has 2 saturated carbocycles. The molecule has 7 unspecified atom stereocenters. The summed E-state index contributed by atoms with van der Waals surface area (Å²) in [6.07, 6.45) is 12.1. The minimum absolute atomic E-state index is 0.00682. The zero-order chi connectivity index (χ0) is 17.0. The second-order valence-corrected chi connectivity index (χ2v) is 8.44. The van der Waals surface area contributed by atoms with E-state index in [-0.39, 0.29) is 36.8 Å². The van der Waals surface area contributed by atoms with Crippen molar-refractivity contribution in [3.8, 4) is 0 Å². The largest absolute Gasteiger partial charge is 0.460 e. The molecule has 5 aliphatic rings. The number of carbonyl (C=O) groups is 2. The Hall–Kier alpha value is -1.36. The van der Waals surface area contributed by atoms with Gasteiger partial charge >= 0.3 is 11.9 Å². The number of hydrogen-bond acceptors (Lipinski definition) is 5. The molecule has 0 aromatic rings. The predicted molar refractivity (Wildman–Crippen MR) is 88.4 cm³/mol. The number of esters is 2. The summed E-state index contributed by atoms with van der Waals surface area (Å²) in [6, 6.07) is 0. The molecule has 4 fully saturated rings. The van der Waals surface area contributed by atoms with Crippen LogP contribution in [0.5, 0.6) is 0 Å². The topological polar surface area (TPSA) is 61.8 Å². The predicted octanol–water partition coefficient (Wildman–Crippen LogP) is 2.63. The standard InChI is InChI=1S/C20H26O5/c21-16(24-13-4-2-1-3-5-13)10-23-20(22)14-9-15-17-11-6-7-12(8-11)18(17)19(14)25-15/h6-7,11-15,17-19H,1-5,8-10H2. The van der Waals surface area contributed by atoms with Crippen molar-refractivity contribution in [2.45, 2.75) is 63.3 Å². The molecule has 2 saturated heterocycles. The average Bonchev–Trinajstić information content (AvgIpc) is 3.38. The van der Waals surface area contributed by atoms with Crippen molar-refractivity contribution in [3.05, 3.63) is 12.2 Å². The molecule has 2 aliphatic heterocycles. The third kappa shape index (κ3) is 2.62. The Morgan fingerprint density at radius 3 is 2.56 bits per heavy atom. The fourth-order valence-corrected chi connectivity index (χ4v) is 6.10. The van der Waals surface area contributed by atoms with Crippen molar-refractivity contribution >= 4 is 11.9 Å². The number of rotatable bonds is 4. The Morgan fingerprint density at radius 2 is 1.76 bits per heavy atom. The molecule has 5 rings (SSSR count). The highest BCUT2D eigenvalue weighted by atomic mass is 16.6. The Labute approximate surface area is 148 Å². The van der Waals surface area contributed by atoms with Crippen LogP contribution < -0.4 is 0 Å². The van der Waals surface area contributed by atoms with E-state index in [0.29, 0.717) is 23.7 Å². The summed E-state index contributed by atoms with van der Waals surface area (Å²) in [4.78, 5) is 24.4. The van der Waals surface area contributed by atoms with E-state index in [9.17, 15) is 9.59 Å².